The number of carbonyl (C=O) groups is 2. The molecule has 1 saturated heterocycles. The number of piperidine rings is 1. The minimum Gasteiger partial charge on any atom is -0.312 e. The Hall–Kier alpha value is -1.35. The van der Waals surface area contributed by atoms with Crippen LogP contribution in [-0.2, 0) is 9.59 Å². The lowest BCUT2D eigenvalue weighted by Gasteiger charge is -2.32. The van der Waals surface area contributed by atoms with Crippen molar-refractivity contribution >= 4 is 29.0 Å². The summed E-state index contributed by atoms with van der Waals surface area (Å²) in [5, 5.41) is 0.642. The number of amides is 1. The van der Waals surface area contributed by atoms with Crippen LogP contribution in [0, 0.1) is 11.8 Å². The Morgan fingerprint density at radius 1 is 1.32 bits per heavy atom. The molecule has 102 valence electrons. The van der Waals surface area contributed by atoms with E-state index >= 15 is 0 Å². The summed E-state index contributed by atoms with van der Waals surface area (Å²) in [6.45, 7) is 4.36. The summed E-state index contributed by atoms with van der Waals surface area (Å²) in [5.74, 6) is -0.612. The molecule has 0 aliphatic carbocycles. The average molecular weight is 280 g/mol. The van der Waals surface area contributed by atoms with Crippen LogP contribution in [-0.4, -0.2) is 18.2 Å². The number of hydrogen-bond acceptors (Lipinski definition) is 2. The fourth-order valence-electron chi connectivity index (χ4n) is 2.42. The number of carbonyl (C=O) groups excluding carboxylic acids is 2. The highest BCUT2D eigenvalue weighted by molar-refractivity contribution is 6.30. The van der Waals surface area contributed by atoms with Crippen molar-refractivity contribution in [3.05, 3.63) is 29.3 Å². The van der Waals surface area contributed by atoms with Crippen molar-refractivity contribution in [2.45, 2.75) is 26.7 Å². The lowest BCUT2D eigenvalue weighted by atomic mass is 9.87. The summed E-state index contributed by atoms with van der Waals surface area (Å²) in [6, 6.07) is 7.17. The second kappa shape index (κ2) is 5.74. The van der Waals surface area contributed by atoms with Crippen LogP contribution in [0.1, 0.15) is 26.7 Å². The van der Waals surface area contributed by atoms with Gasteiger partial charge >= 0.3 is 0 Å². The zero-order valence-electron chi connectivity index (χ0n) is 11.2. The second-order valence-electron chi connectivity index (χ2n) is 5.22. The van der Waals surface area contributed by atoms with Gasteiger partial charge in [0.2, 0.25) is 5.91 Å². The molecule has 0 N–H and O–H groups in total. The zero-order chi connectivity index (χ0) is 14.0. The van der Waals surface area contributed by atoms with Crippen LogP contribution in [0.25, 0.3) is 0 Å². The molecule has 0 spiro atoms. The topological polar surface area (TPSA) is 37.4 Å². The van der Waals surface area contributed by atoms with Gasteiger partial charge in [-0.05, 0) is 37.1 Å². The lowest BCUT2D eigenvalue weighted by molar-refractivity contribution is -0.135. The highest BCUT2D eigenvalue weighted by atomic mass is 35.5. The zero-order valence-corrected chi connectivity index (χ0v) is 12.0. The lowest BCUT2D eigenvalue weighted by Crippen LogP contribution is -2.45. The fourth-order valence-corrected chi connectivity index (χ4v) is 2.54. The van der Waals surface area contributed by atoms with Crippen LogP contribution >= 0.6 is 11.6 Å². The Morgan fingerprint density at radius 3 is 2.53 bits per heavy atom. The SMILES string of the molecule is CC(C)C(=O)C1CCCN(c2ccc(Cl)cc2)C1=O. The van der Waals surface area contributed by atoms with Gasteiger partial charge in [0.15, 0.2) is 0 Å². The summed E-state index contributed by atoms with van der Waals surface area (Å²) in [4.78, 5) is 26.2. The Bertz CT molecular complexity index is 481. The molecule has 1 fully saturated rings. The van der Waals surface area contributed by atoms with Gasteiger partial charge in [0.05, 0.1) is 5.92 Å². The van der Waals surface area contributed by atoms with Crippen LogP contribution in [0.4, 0.5) is 5.69 Å². The maximum absolute atomic E-state index is 12.4. The quantitative estimate of drug-likeness (QED) is 0.796. The van der Waals surface area contributed by atoms with Gasteiger partial charge in [0.1, 0.15) is 5.78 Å². The minimum absolute atomic E-state index is 0.0451. The van der Waals surface area contributed by atoms with E-state index in [1.807, 2.05) is 26.0 Å². The summed E-state index contributed by atoms with van der Waals surface area (Å²) in [7, 11) is 0. The molecule has 1 heterocycles. The van der Waals surface area contributed by atoms with Crippen LogP contribution < -0.4 is 4.90 Å². The molecule has 0 radical (unpaired) electrons. The van der Waals surface area contributed by atoms with Gasteiger partial charge in [-0.2, -0.15) is 0 Å². The minimum atomic E-state index is -0.482. The monoisotopic (exact) mass is 279 g/mol. The molecule has 0 aromatic heterocycles. The van der Waals surface area contributed by atoms with E-state index in [2.05, 4.69) is 0 Å². The standard InChI is InChI=1S/C15H18ClNO2/c1-10(2)14(18)13-4-3-9-17(15(13)19)12-7-5-11(16)6-8-12/h5-8,10,13H,3-4,9H2,1-2H3. The molecule has 0 bridgehead atoms. The fraction of sp³-hybridized carbons (Fsp3) is 0.467. The molecule has 19 heavy (non-hydrogen) atoms. The largest absolute Gasteiger partial charge is 0.312 e. The van der Waals surface area contributed by atoms with Gasteiger partial charge in [-0.15, -0.1) is 0 Å². The van der Waals surface area contributed by atoms with Crippen molar-refractivity contribution in [2.75, 3.05) is 11.4 Å². The number of Topliss-reactive ketones (excluding diaryl/α,β-unsaturated/α-hetero) is 1. The maximum Gasteiger partial charge on any atom is 0.237 e. The van der Waals surface area contributed by atoms with Crippen molar-refractivity contribution in [3.63, 3.8) is 0 Å². The van der Waals surface area contributed by atoms with E-state index in [-0.39, 0.29) is 17.6 Å². The third-order valence-electron chi connectivity index (χ3n) is 3.49. The molecule has 1 amide bonds. The number of anilines is 1. The van der Waals surface area contributed by atoms with Crippen LogP contribution in [0.15, 0.2) is 24.3 Å². The Balaban J connectivity index is 2.21. The molecule has 4 heteroatoms. The number of ketones is 1. The summed E-state index contributed by atoms with van der Waals surface area (Å²) in [6.07, 6.45) is 1.53. The van der Waals surface area contributed by atoms with Crippen molar-refractivity contribution in [3.8, 4) is 0 Å². The predicted molar refractivity (Wildman–Crippen MR) is 76.4 cm³/mol. The molecule has 0 saturated carbocycles. The van der Waals surface area contributed by atoms with Crippen LogP contribution in [0.3, 0.4) is 0 Å². The molecule has 1 aliphatic rings. The molecule has 3 nitrogen and oxygen atoms in total. The molecule has 1 unspecified atom stereocenters. The highest BCUT2D eigenvalue weighted by Gasteiger charge is 2.35. The predicted octanol–water partition coefficient (Wildman–Crippen LogP) is 3.31. The summed E-state index contributed by atoms with van der Waals surface area (Å²) < 4.78 is 0. The van der Waals surface area contributed by atoms with Gasteiger partial charge < -0.3 is 4.90 Å². The van der Waals surface area contributed by atoms with Gasteiger partial charge in [-0.1, -0.05) is 25.4 Å². The van der Waals surface area contributed by atoms with Gasteiger partial charge in [0, 0.05) is 23.2 Å². The van der Waals surface area contributed by atoms with Gasteiger partial charge in [-0.25, -0.2) is 0 Å². The van der Waals surface area contributed by atoms with E-state index in [0.717, 1.165) is 12.1 Å². The van der Waals surface area contributed by atoms with E-state index in [0.29, 0.717) is 18.0 Å². The molecular formula is C15H18ClNO2. The third kappa shape index (κ3) is 2.98. The van der Waals surface area contributed by atoms with Crippen LogP contribution in [0.5, 0.6) is 0 Å². The van der Waals surface area contributed by atoms with Gasteiger partial charge in [0.25, 0.3) is 0 Å². The normalized spacial score (nSPS) is 19.9. The van der Waals surface area contributed by atoms with Crippen molar-refractivity contribution in [1.29, 1.82) is 0 Å². The second-order valence-corrected chi connectivity index (χ2v) is 5.65. The number of benzene rings is 1. The molecule has 1 aromatic carbocycles. The van der Waals surface area contributed by atoms with E-state index in [1.165, 1.54) is 0 Å². The number of rotatable bonds is 3. The number of hydrogen-bond donors (Lipinski definition) is 0. The van der Waals surface area contributed by atoms with E-state index < -0.39 is 5.92 Å². The molecule has 1 aromatic rings. The van der Waals surface area contributed by atoms with Crippen molar-refractivity contribution < 1.29 is 9.59 Å². The maximum atomic E-state index is 12.4. The first-order valence-corrected chi connectivity index (χ1v) is 6.99. The molecule has 1 atom stereocenters. The summed E-state index contributed by atoms with van der Waals surface area (Å²) in [5.41, 5.74) is 0.815. The van der Waals surface area contributed by atoms with E-state index in [1.54, 1.807) is 17.0 Å². The molecular weight excluding hydrogens is 262 g/mol. The first kappa shape index (κ1) is 14.1. The Labute approximate surface area is 118 Å². The number of nitrogens with zero attached hydrogens (tertiary/aromatic N) is 1. The molecule has 2 rings (SSSR count). The Kier molecular flexibility index (Phi) is 4.25. The number of halogens is 1. The Morgan fingerprint density at radius 2 is 1.95 bits per heavy atom. The van der Waals surface area contributed by atoms with E-state index in [4.69, 9.17) is 11.6 Å². The molecule has 1 aliphatic heterocycles. The van der Waals surface area contributed by atoms with Gasteiger partial charge in [-0.3, -0.25) is 9.59 Å². The average Bonchev–Trinajstić information content (AvgIpc) is 2.39. The van der Waals surface area contributed by atoms with Crippen LogP contribution in [0.2, 0.25) is 5.02 Å². The third-order valence-corrected chi connectivity index (χ3v) is 3.74. The highest BCUT2D eigenvalue weighted by Crippen LogP contribution is 2.27. The first-order chi connectivity index (χ1) is 9.00. The van der Waals surface area contributed by atoms with Crippen molar-refractivity contribution in [1.82, 2.24) is 0 Å². The van der Waals surface area contributed by atoms with Crippen molar-refractivity contribution in [2.24, 2.45) is 11.8 Å². The van der Waals surface area contributed by atoms with E-state index in [9.17, 15) is 9.59 Å². The first-order valence-electron chi connectivity index (χ1n) is 6.61. The smallest absolute Gasteiger partial charge is 0.237 e. The summed E-state index contributed by atoms with van der Waals surface area (Å²) >= 11 is 5.85.